The van der Waals surface area contributed by atoms with E-state index in [1.54, 1.807) is 12.3 Å². The van der Waals surface area contributed by atoms with E-state index in [1.807, 2.05) is 30.3 Å². The molecule has 7 nitrogen and oxygen atoms in total. The van der Waals surface area contributed by atoms with Gasteiger partial charge in [-0.2, -0.15) is 5.10 Å². The number of hydrogen-bond acceptors (Lipinski definition) is 3. The van der Waals surface area contributed by atoms with E-state index in [9.17, 15) is 9.59 Å². The summed E-state index contributed by atoms with van der Waals surface area (Å²) in [6.45, 7) is 0. The summed E-state index contributed by atoms with van der Waals surface area (Å²) in [5.41, 5.74) is 7.85. The largest absolute Gasteiger partial charge is 0.465 e. The molecule has 0 bridgehead atoms. The third kappa shape index (κ3) is 4.34. The summed E-state index contributed by atoms with van der Waals surface area (Å²) in [6, 6.07) is 23.6. The molecule has 164 valence electrons. The molecular formula is C26H22N4O3. The molecule has 4 aromatic rings. The number of carbonyl (C=O) groups is 2. The molecule has 1 saturated carbocycles. The molecule has 0 spiro atoms. The van der Waals surface area contributed by atoms with Gasteiger partial charge in [0.05, 0.1) is 17.5 Å². The van der Waals surface area contributed by atoms with Gasteiger partial charge in [0.15, 0.2) is 0 Å². The van der Waals surface area contributed by atoms with Gasteiger partial charge in [-0.05, 0) is 42.0 Å². The number of anilines is 1. The molecule has 2 aliphatic rings. The Labute approximate surface area is 190 Å². The van der Waals surface area contributed by atoms with Crippen LogP contribution in [0.25, 0.3) is 22.2 Å². The maximum Gasteiger partial charge on any atom is 0.409 e. The third-order valence-electron chi connectivity index (χ3n) is 5.70. The first-order valence-corrected chi connectivity index (χ1v) is 10.7. The Morgan fingerprint density at radius 2 is 1.70 bits per heavy atom. The molecule has 0 radical (unpaired) electrons. The predicted octanol–water partition coefficient (Wildman–Crippen LogP) is 5.57. The summed E-state index contributed by atoms with van der Waals surface area (Å²) < 4.78 is 0. The molecule has 4 N–H and O–H groups in total. The van der Waals surface area contributed by atoms with Crippen LogP contribution in [0.3, 0.4) is 0 Å². The first kappa shape index (κ1) is 20.5. The van der Waals surface area contributed by atoms with Crippen molar-refractivity contribution in [1.29, 1.82) is 0 Å². The number of H-pyrrole nitrogens is 1. The number of rotatable bonds is 3. The molecule has 1 fully saturated rings. The minimum absolute atomic E-state index is 0.314. The molecule has 2 amide bonds. The molecule has 0 saturated heterocycles. The molecule has 33 heavy (non-hydrogen) atoms. The first-order valence-electron chi connectivity index (χ1n) is 10.7. The zero-order chi connectivity index (χ0) is 22.8. The Bertz CT molecular complexity index is 1360. The highest BCUT2D eigenvalue weighted by Crippen LogP contribution is 2.39. The summed E-state index contributed by atoms with van der Waals surface area (Å²) in [5.74, 6) is 0.522. The molecule has 7 heteroatoms. The topological polar surface area (TPSA) is 107 Å². The smallest absolute Gasteiger partial charge is 0.409 e. The highest BCUT2D eigenvalue weighted by atomic mass is 16.4. The molecule has 1 aliphatic carbocycles. The molecule has 3 aromatic carbocycles. The van der Waals surface area contributed by atoms with Gasteiger partial charge in [0.2, 0.25) is 0 Å². The molecule has 6 rings (SSSR count). The average molecular weight is 438 g/mol. The number of benzene rings is 3. The number of aromatic nitrogens is 1. The number of carbonyl (C=O) groups excluding carboxylic acids is 1. The molecule has 1 aromatic heterocycles. The van der Waals surface area contributed by atoms with Gasteiger partial charge in [-0.1, -0.05) is 60.7 Å². The summed E-state index contributed by atoms with van der Waals surface area (Å²) in [7, 11) is 0. The SMILES string of the molecule is O=C(O)Nc1cc2c3c(c(-c4ccccc4)[nH]c3c1)C=NNC2=O.c1ccc(C2CC2)cc1. The van der Waals surface area contributed by atoms with Crippen LogP contribution in [0.4, 0.5) is 10.5 Å². The fourth-order valence-electron chi connectivity index (χ4n) is 4.05. The van der Waals surface area contributed by atoms with E-state index in [0.29, 0.717) is 22.2 Å². The Morgan fingerprint density at radius 3 is 2.36 bits per heavy atom. The fraction of sp³-hybridized carbons (Fsp3) is 0.115. The van der Waals surface area contributed by atoms with Crippen molar-refractivity contribution in [2.24, 2.45) is 5.10 Å². The predicted molar refractivity (Wildman–Crippen MR) is 129 cm³/mol. The lowest BCUT2D eigenvalue weighted by atomic mass is 10.0. The zero-order valence-electron chi connectivity index (χ0n) is 17.7. The Morgan fingerprint density at radius 1 is 1.00 bits per heavy atom. The van der Waals surface area contributed by atoms with Crippen LogP contribution >= 0.6 is 0 Å². The minimum atomic E-state index is -1.19. The lowest BCUT2D eigenvalue weighted by molar-refractivity contribution is 0.0957. The van der Waals surface area contributed by atoms with E-state index in [2.05, 4.69) is 51.2 Å². The fourth-order valence-corrected chi connectivity index (χ4v) is 4.05. The molecule has 0 atom stereocenters. The second-order valence-electron chi connectivity index (χ2n) is 8.04. The normalized spacial score (nSPS) is 14.1. The van der Waals surface area contributed by atoms with Crippen LogP contribution < -0.4 is 10.7 Å². The second kappa shape index (κ2) is 8.63. The average Bonchev–Trinajstić information content (AvgIpc) is 3.63. The van der Waals surface area contributed by atoms with Gasteiger partial charge in [0.25, 0.3) is 5.91 Å². The van der Waals surface area contributed by atoms with Gasteiger partial charge in [-0.25, -0.2) is 10.2 Å². The van der Waals surface area contributed by atoms with Crippen molar-refractivity contribution in [1.82, 2.24) is 10.4 Å². The quantitative estimate of drug-likeness (QED) is 0.336. The monoisotopic (exact) mass is 438 g/mol. The summed E-state index contributed by atoms with van der Waals surface area (Å²) >= 11 is 0. The maximum atomic E-state index is 12.3. The highest BCUT2D eigenvalue weighted by Gasteiger charge is 2.23. The Hall–Kier alpha value is -4.39. The first-order chi connectivity index (χ1) is 16.1. The number of carboxylic acid groups (broad SMARTS) is 1. The second-order valence-corrected chi connectivity index (χ2v) is 8.04. The van der Waals surface area contributed by atoms with E-state index in [-0.39, 0.29) is 5.91 Å². The van der Waals surface area contributed by atoms with Crippen molar-refractivity contribution in [2.75, 3.05) is 5.32 Å². The van der Waals surface area contributed by atoms with Crippen LogP contribution in [-0.2, 0) is 0 Å². The standard InChI is InChI=1S/C17H12N4O3.C9H10/c22-16-11-6-10(19-17(23)24)7-13-14(11)12(8-18-21-16)15(20-13)9-4-2-1-3-5-9;1-2-4-8(5-3-1)9-6-7-9/h1-8,19-20H,(H,21,22)(H,23,24);1-5,9H,6-7H2. The van der Waals surface area contributed by atoms with Gasteiger partial charge in [0.1, 0.15) is 0 Å². The van der Waals surface area contributed by atoms with Gasteiger partial charge >= 0.3 is 6.09 Å². The number of hydrogen-bond donors (Lipinski definition) is 4. The van der Waals surface area contributed by atoms with Gasteiger partial charge in [-0.15, -0.1) is 0 Å². The van der Waals surface area contributed by atoms with Crippen LogP contribution in [-0.4, -0.2) is 28.3 Å². The number of amides is 2. The number of aromatic amines is 1. The van der Waals surface area contributed by atoms with Gasteiger partial charge < -0.3 is 10.1 Å². The molecule has 2 heterocycles. The Balaban J connectivity index is 0.000000211. The van der Waals surface area contributed by atoms with Crippen molar-refractivity contribution in [2.45, 2.75) is 18.8 Å². The number of nitrogens with one attached hydrogen (secondary N) is 3. The van der Waals surface area contributed by atoms with E-state index >= 15 is 0 Å². The van der Waals surface area contributed by atoms with E-state index in [0.717, 1.165) is 22.7 Å². The van der Waals surface area contributed by atoms with E-state index in [1.165, 1.54) is 24.5 Å². The maximum absolute atomic E-state index is 12.3. The lowest BCUT2D eigenvalue weighted by Gasteiger charge is -2.05. The van der Waals surface area contributed by atoms with Crippen molar-refractivity contribution in [3.05, 3.63) is 89.5 Å². The minimum Gasteiger partial charge on any atom is -0.465 e. The summed E-state index contributed by atoms with van der Waals surface area (Å²) in [6.07, 6.45) is 3.22. The van der Waals surface area contributed by atoms with E-state index in [4.69, 9.17) is 5.11 Å². The molecular weight excluding hydrogens is 416 g/mol. The van der Waals surface area contributed by atoms with Crippen molar-refractivity contribution in [3.63, 3.8) is 0 Å². The summed E-state index contributed by atoms with van der Waals surface area (Å²) in [4.78, 5) is 26.4. The van der Waals surface area contributed by atoms with Crippen molar-refractivity contribution < 1.29 is 14.7 Å². The third-order valence-corrected chi connectivity index (χ3v) is 5.70. The van der Waals surface area contributed by atoms with E-state index < -0.39 is 6.09 Å². The van der Waals surface area contributed by atoms with Crippen LogP contribution in [0.2, 0.25) is 0 Å². The number of hydrazone groups is 1. The van der Waals surface area contributed by atoms with Crippen LogP contribution in [0.1, 0.15) is 40.2 Å². The zero-order valence-corrected chi connectivity index (χ0v) is 17.7. The molecule has 1 aliphatic heterocycles. The lowest BCUT2D eigenvalue weighted by Crippen LogP contribution is -2.17. The molecule has 0 unspecified atom stereocenters. The number of nitrogens with zero attached hydrogens (tertiary/aromatic N) is 1. The van der Waals surface area contributed by atoms with Crippen molar-refractivity contribution in [3.8, 4) is 11.3 Å². The summed E-state index contributed by atoms with van der Waals surface area (Å²) in [5, 5.41) is 15.9. The van der Waals surface area contributed by atoms with Crippen LogP contribution in [0.15, 0.2) is 77.9 Å². The van der Waals surface area contributed by atoms with Gasteiger partial charge in [-0.3, -0.25) is 10.1 Å². The van der Waals surface area contributed by atoms with Crippen LogP contribution in [0.5, 0.6) is 0 Å². The Kier molecular flexibility index (Phi) is 5.36. The highest BCUT2D eigenvalue weighted by molar-refractivity contribution is 6.18. The van der Waals surface area contributed by atoms with Crippen LogP contribution in [0, 0.1) is 0 Å². The van der Waals surface area contributed by atoms with Gasteiger partial charge in [0, 0.05) is 22.2 Å². The van der Waals surface area contributed by atoms with Crippen molar-refractivity contribution >= 4 is 34.8 Å².